The van der Waals surface area contributed by atoms with E-state index in [2.05, 4.69) is 0 Å². The Balaban J connectivity index is 1.39. The zero-order chi connectivity index (χ0) is 19.0. The lowest BCUT2D eigenvalue weighted by molar-refractivity contribution is -0.139. The van der Waals surface area contributed by atoms with Crippen molar-refractivity contribution in [2.45, 2.75) is 17.4 Å². The average molecular weight is 407 g/mol. The Morgan fingerprint density at radius 1 is 1.04 bits per heavy atom. The van der Waals surface area contributed by atoms with Gasteiger partial charge in [-0.05, 0) is 35.9 Å². The number of carbonyl (C=O) groups is 1. The van der Waals surface area contributed by atoms with Gasteiger partial charge in [0.25, 0.3) is 5.91 Å². The lowest BCUT2D eigenvalue weighted by Gasteiger charge is -2.35. The van der Waals surface area contributed by atoms with E-state index < -0.39 is 16.1 Å². The summed E-state index contributed by atoms with van der Waals surface area (Å²) in [6, 6.07) is 13.7. The molecule has 0 bridgehead atoms. The standard InChI is InChI=1S/C19H19ClN2O4S/c20-15-6-7-17-14(12-15)13-18(26-17)19(23)21-8-10-22(11-9-21)27(24,25)16-4-2-1-3-5-16/h1-7,12,18H,8-11,13H2/t18-/m1/s1. The topological polar surface area (TPSA) is 66.9 Å². The summed E-state index contributed by atoms with van der Waals surface area (Å²) in [6.07, 6.45) is -0.0900. The van der Waals surface area contributed by atoms with E-state index >= 15 is 0 Å². The number of ether oxygens (including phenoxy) is 1. The van der Waals surface area contributed by atoms with Gasteiger partial charge < -0.3 is 9.64 Å². The lowest BCUT2D eigenvalue weighted by atomic mass is 10.1. The van der Waals surface area contributed by atoms with Crippen molar-refractivity contribution in [3.05, 3.63) is 59.1 Å². The molecule has 0 radical (unpaired) electrons. The van der Waals surface area contributed by atoms with Crippen LogP contribution in [0.1, 0.15) is 5.56 Å². The van der Waals surface area contributed by atoms with Crippen LogP contribution in [0.2, 0.25) is 5.02 Å². The van der Waals surface area contributed by atoms with E-state index in [4.69, 9.17) is 16.3 Å². The van der Waals surface area contributed by atoms with Crippen molar-refractivity contribution in [2.75, 3.05) is 26.2 Å². The van der Waals surface area contributed by atoms with Gasteiger partial charge >= 0.3 is 0 Å². The summed E-state index contributed by atoms with van der Waals surface area (Å²) < 4.78 is 32.6. The van der Waals surface area contributed by atoms with Crippen LogP contribution in [-0.2, 0) is 21.2 Å². The van der Waals surface area contributed by atoms with Crippen molar-refractivity contribution in [3.63, 3.8) is 0 Å². The van der Waals surface area contributed by atoms with Crippen LogP contribution < -0.4 is 4.74 Å². The SMILES string of the molecule is O=C([C@H]1Cc2cc(Cl)ccc2O1)N1CCN(S(=O)(=O)c2ccccc2)CC1. The molecule has 2 aliphatic rings. The van der Waals surface area contributed by atoms with E-state index in [-0.39, 0.29) is 23.9 Å². The smallest absolute Gasteiger partial charge is 0.264 e. The maximum Gasteiger partial charge on any atom is 0.264 e. The minimum atomic E-state index is -3.53. The van der Waals surface area contributed by atoms with Gasteiger partial charge in [-0.1, -0.05) is 29.8 Å². The third kappa shape index (κ3) is 3.54. The number of carbonyl (C=O) groups excluding carboxylic acids is 1. The number of benzene rings is 2. The van der Waals surface area contributed by atoms with Gasteiger partial charge in [0.05, 0.1) is 4.90 Å². The van der Waals surface area contributed by atoms with E-state index in [9.17, 15) is 13.2 Å². The first kappa shape index (κ1) is 18.3. The Morgan fingerprint density at radius 2 is 1.74 bits per heavy atom. The molecule has 142 valence electrons. The molecular weight excluding hydrogens is 388 g/mol. The molecular formula is C19H19ClN2O4S. The molecule has 0 aromatic heterocycles. The number of amides is 1. The van der Waals surface area contributed by atoms with Gasteiger partial charge in [-0.15, -0.1) is 0 Å². The highest BCUT2D eigenvalue weighted by molar-refractivity contribution is 7.89. The Bertz CT molecular complexity index is 957. The molecule has 0 N–H and O–H groups in total. The van der Waals surface area contributed by atoms with Crippen LogP contribution >= 0.6 is 11.6 Å². The molecule has 2 aromatic carbocycles. The molecule has 2 aromatic rings. The Labute approximate surface area is 163 Å². The molecule has 0 spiro atoms. The van der Waals surface area contributed by atoms with Crippen LogP contribution in [0, 0.1) is 0 Å². The number of hydrogen-bond acceptors (Lipinski definition) is 4. The quantitative estimate of drug-likeness (QED) is 0.783. The van der Waals surface area contributed by atoms with Crippen LogP contribution in [-0.4, -0.2) is 55.8 Å². The minimum absolute atomic E-state index is 0.112. The Kier molecular flexibility index (Phi) is 4.84. The molecule has 1 fully saturated rings. The molecule has 0 saturated carbocycles. The highest BCUT2D eigenvalue weighted by atomic mass is 35.5. The van der Waals surface area contributed by atoms with Crippen molar-refractivity contribution in [2.24, 2.45) is 0 Å². The van der Waals surface area contributed by atoms with Crippen LogP contribution in [0.15, 0.2) is 53.4 Å². The maximum absolute atomic E-state index is 12.8. The molecule has 8 heteroatoms. The Morgan fingerprint density at radius 3 is 2.44 bits per heavy atom. The van der Waals surface area contributed by atoms with Gasteiger partial charge in [-0.3, -0.25) is 4.79 Å². The number of halogens is 1. The predicted molar refractivity (Wildman–Crippen MR) is 101 cm³/mol. The summed E-state index contributed by atoms with van der Waals surface area (Å²) in [4.78, 5) is 14.7. The lowest BCUT2D eigenvalue weighted by Crippen LogP contribution is -2.53. The zero-order valence-corrected chi connectivity index (χ0v) is 16.1. The third-order valence-electron chi connectivity index (χ3n) is 4.90. The van der Waals surface area contributed by atoms with Crippen LogP contribution in [0.4, 0.5) is 0 Å². The van der Waals surface area contributed by atoms with Crippen LogP contribution in [0.5, 0.6) is 5.75 Å². The predicted octanol–water partition coefficient (Wildman–Crippen LogP) is 2.18. The number of hydrogen-bond donors (Lipinski definition) is 0. The van der Waals surface area contributed by atoms with Gasteiger partial charge in [0.2, 0.25) is 10.0 Å². The normalized spacial score (nSPS) is 20.2. The van der Waals surface area contributed by atoms with Gasteiger partial charge in [-0.2, -0.15) is 4.31 Å². The van der Waals surface area contributed by atoms with E-state index in [1.807, 2.05) is 6.07 Å². The summed E-state index contributed by atoms with van der Waals surface area (Å²) in [6.45, 7) is 1.24. The van der Waals surface area contributed by atoms with Crippen molar-refractivity contribution >= 4 is 27.5 Å². The second-order valence-corrected chi connectivity index (χ2v) is 8.98. The van der Waals surface area contributed by atoms with Gasteiger partial charge in [-0.25, -0.2) is 8.42 Å². The first-order valence-electron chi connectivity index (χ1n) is 8.74. The molecule has 6 nitrogen and oxygen atoms in total. The molecule has 1 saturated heterocycles. The summed E-state index contributed by atoms with van der Waals surface area (Å²) in [5, 5.41) is 0.616. The first-order chi connectivity index (χ1) is 12.9. The van der Waals surface area contributed by atoms with Crippen molar-refractivity contribution in [3.8, 4) is 5.75 Å². The molecule has 1 atom stereocenters. The fourth-order valence-electron chi connectivity index (χ4n) is 3.45. The third-order valence-corrected chi connectivity index (χ3v) is 7.05. The van der Waals surface area contributed by atoms with Crippen molar-refractivity contribution in [1.29, 1.82) is 0 Å². The molecule has 1 amide bonds. The van der Waals surface area contributed by atoms with Crippen LogP contribution in [0.3, 0.4) is 0 Å². The second-order valence-electron chi connectivity index (χ2n) is 6.61. The summed E-state index contributed by atoms with van der Waals surface area (Å²) in [5.41, 5.74) is 0.922. The molecule has 2 aliphatic heterocycles. The molecule has 0 unspecified atom stereocenters. The van der Waals surface area contributed by atoms with E-state index in [1.54, 1.807) is 47.4 Å². The highest BCUT2D eigenvalue weighted by Crippen LogP contribution is 2.32. The number of fused-ring (bicyclic) bond motifs is 1. The fraction of sp³-hybridized carbons (Fsp3) is 0.316. The van der Waals surface area contributed by atoms with Crippen LogP contribution in [0.25, 0.3) is 0 Å². The first-order valence-corrected chi connectivity index (χ1v) is 10.6. The number of rotatable bonds is 3. The largest absolute Gasteiger partial charge is 0.480 e. The summed E-state index contributed by atoms with van der Waals surface area (Å²) in [5.74, 6) is 0.571. The molecule has 0 aliphatic carbocycles. The number of piperazine rings is 1. The van der Waals surface area contributed by atoms with E-state index in [1.165, 1.54) is 4.31 Å². The molecule has 4 rings (SSSR count). The van der Waals surface area contributed by atoms with Gasteiger partial charge in [0.1, 0.15) is 5.75 Å². The van der Waals surface area contributed by atoms with E-state index in [0.717, 1.165) is 5.56 Å². The fourth-order valence-corrected chi connectivity index (χ4v) is 5.09. The molecule has 27 heavy (non-hydrogen) atoms. The van der Waals surface area contributed by atoms with Crippen molar-refractivity contribution < 1.29 is 17.9 Å². The highest BCUT2D eigenvalue weighted by Gasteiger charge is 2.36. The Hall–Kier alpha value is -2.09. The summed E-state index contributed by atoms with van der Waals surface area (Å²) in [7, 11) is -3.53. The molecule has 2 heterocycles. The number of sulfonamides is 1. The minimum Gasteiger partial charge on any atom is -0.480 e. The summed E-state index contributed by atoms with van der Waals surface area (Å²) >= 11 is 6.00. The second kappa shape index (κ2) is 7.14. The zero-order valence-electron chi connectivity index (χ0n) is 14.5. The average Bonchev–Trinajstić information content (AvgIpc) is 3.11. The number of nitrogens with zero attached hydrogens (tertiary/aromatic N) is 2. The van der Waals surface area contributed by atoms with E-state index in [0.29, 0.717) is 30.3 Å². The monoisotopic (exact) mass is 406 g/mol. The van der Waals surface area contributed by atoms with Gasteiger partial charge in [0.15, 0.2) is 6.10 Å². The van der Waals surface area contributed by atoms with Crippen molar-refractivity contribution in [1.82, 2.24) is 9.21 Å². The van der Waals surface area contributed by atoms with Gasteiger partial charge in [0, 0.05) is 37.6 Å². The maximum atomic E-state index is 12.8.